The first-order valence-electron chi connectivity index (χ1n) is 9.55. The van der Waals surface area contributed by atoms with E-state index in [1.54, 1.807) is 6.08 Å². The van der Waals surface area contributed by atoms with Gasteiger partial charge in [-0.3, -0.25) is 0 Å². The molecule has 1 aliphatic heterocycles. The lowest BCUT2D eigenvalue weighted by atomic mass is 9.77. The molecule has 0 fully saturated rings. The SMILES string of the molecule is C=C/C=C1\CNC(C(C)C2C(C)=CC(/C=C/PC)=CC2F)=C1CC(C)C. The van der Waals surface area contributed by atoms with Gasteiger partial charge in [-0.05, 0) is 48.7 Å². The molecule has 0 aromatic rings. The second-order valence-corrected chi connectivity index (χ2v) is 8.62. The molecule has 0 aromatic carbocycles. The van der Waals surface area contributed by atoms with Crippen molar-refractivity contribution in [2.24, 2.45) is 17.8 Å². The van der Waals surface area contributed by atoms with Gasteiger partial charge in [-0.1, -0.05) is 63.0 Å². The number of allylic oxidation sites excluding steroid dienone is 8. The van der Waals surface area contributed by atoms with Crippen molar-refractivity contribution in [1.29, 1.82) is 0 Å². The van der Waals surface area contributed by atoms with Gasteiger partial charge in [0, 0.05) is 24.1 Å². The third-order valence-corrected chi connectivity index (χ3v) is 5.66. The summed E-state index contributed by atoms with van der Waals surface area (Å²) in [5, 5.41) is 3.57. The Morgan fingerprint density at radius 3 is 2.69 bits per heavy atom. The molecule has 0 aromatic heterocycles. The van der Waals surface area contributed by atoms with Gasteiger partial charge in [0.2, 0.25) is 0 Å². The number of hydrogen-bond acceptors (Lipinski definition) is 1. The van der Waals surface area contributed by atoms with Gasteiger partial charge in [-0.25, -0.2) is 4.39 Å². The van der Waals surface area contributed by atoms with Crippen LogP contribution in [0.2, 0.25) is 0 Å². The van der Waals surface area contributed by atoms with Gasteiger partial charge in [0.15, 0.2) is 0 Å². The Bertz CT molecular complexity index is 678. The van der Waals surface area contributed by atoms with Crippen molar-refractivity contribution in [1.82, 2.24) is 5.32 Å². The van der Waals surface area contributed by atoms with Crippen LogP contribution in [0.4, 0.5) is 4.39 Å². The first kappa shape index (κ1) is 20.9. The lowest BCUT2D eigenvalue weighted by Crippen LogP contribution is -2.30. The molecule has 4 atom stereocenters. The number of halogens is 1. The summed E-state index contributed by atoms with van der Waals surface area (Å²) < 4.78 is 15.1. The fourth-order valence-electron chi connectivity index (χ4n) is 4.04. The Balaban J connectivity index is 2.33. The van der Waals surface area contributed by atoms with E-state index in [2.05, 4.69) is 64.2 Å². The number of nitrogens with one attached hydrogen (secondary N) is 1. The topological polar surface area (TPSA) is 12.0 Å². The minimum Gasteiger partial charge on any atom is -0.384 e. The molecule has 0 saturated carbocycles. The van der Waals surface area contributed by atoms with Crippen LogP contribution in [0.5, 0.6) is 0 Å². The average Bonchev–Trinajstić information content (AvgIpc) is 2.94. The van der Waals surface area contributed by atoms with Crippen LogP contribution in [-0.4, -0.2) is 19.4 Å². The van der Waals surface area contributed by atoms with Gasteiger partial charge < -0.3 is 5.32 Å². The van der Waals surface area contributed by atoms with Crippen molar-refractivity contribution in [2.75, 3.05) is 13.2 Å². The van der Waals surface area contributed by atoms with Crippen LogP contribution in [0.3, 0.4) is 0 Å². The van der Waals surface area contributed by atoms with E-state index >= 15 is 4.39 Å². The second kappa shape index (κ2) is 9.51. The van der Waals surface area contributed by atoms with E-state index in [1.165, 1.54) is 16.8 Å². The monoisotopic (exact) mass is 373 g/mol. The smallest absolute Gasteiger partial charge is 0.126 e. The van der Waals surface area contributed by atoms with E-state index in [4.69, 9.17) is 0 Å². The molecule has 4 unspecified atom stereocenters. The molecule has 1 nitrogen and oxygen atoms in total. The van der Waals surface area contributed by atoms with Crippen LogP contribution in [0.1, 0.15) is 34.1 Å². The molecule has 1 heterocycles. The van der Waals surface area contributed by atoms with Gasteiger partial charge >= 0.3 is 0 Å². The van der Waals surface area contributed by atoms with Crippen LogP contribution in [-0.2, 0) is 0 Å². The molecule has 0 spiro atoms. The zero-order valence-corrected chi connectivity index (χ0v) is 17.8. The predicted molar refractivity (Wildman–Crippen MR) is 116 cm³/mol. The third kappa shape index (κ3) is 4.86. The quantitative estimate of drug-likeness (QED) is 0.516. The first-order valence-corrected chi connectivity index (χ1v) is 11.1. The van der Waals surface area contributed by atoms with Gasteiger partial charge in [0.1, 0.15) is 6.17 Å². The van der Waals surface area contributed by atoms with E-state index in [0.29, 0.717) is 5.92 Å². The van der Waals surface area contributed by atoms with Gasteiger partial charge in [-0.2, -0.15) is 0 Å². The second-order valence-electron chi connectivity index (χ2n) is 7.71. The summed E-state index contributed by atoms with van der Waals surface area (Å²) >= 11 is 0. The van der Waals surface area contributed by atoms with Gasteiger partial charge in [0.05, 0.1) is 0 Å². The summed E-state index contributed by atoms with van der Waals surface area (Å²) in [5.74, 6) is 2.70. The summed E-state index contributed by atoms with van der Waals surface area (Å²) in [6, 6.07) is 0. The molecule has 3 heteroatoms. The summed E-state index contributed by atoms with van der Waals surface area (Å²) in [6.07, 6.45) is 9.98. The van der Waals surface area contributed by atoms with Gasteiger partial charge in [0.25, 0.3) is 0 Å². The number of rotatable bonds is 7. The fraction of sp³-hybridized carbons (Fsp3) is 0.478. The summed E-state index contributed by atoms with van der Waals surface area (Å²) in [5.41, 5.74) is 6.00. The van der Waals surface area contributed by atoms with Crippen molar-refractivity contribution in [3.05, 3.63) is 70.8 Å². The molecular formula is C23H33FNP. The van der Waals surface area contributed by atoms with E-state index in [0.717, 1.165) is 32.7 Å². The Labute approximate surface area is 160 Å². The number of alkyl halides is 1. The summed E-state index contributed by atoms with van der Waals surface area (Å²) in [6.45, 7) is 15.5. The predicted octanol–water partition coefficient (Wildman–Crippen LogP) is 6.30. The highest BCUT2D eigenvalue weighted by molar-refractivity contribution is 7.40. The highest BCUT2D eigenvalue weighted by Crippen LogP contribution is 2.40. The molecule has 142 valence electrons. The molecule has 2 rings (SSSR count). The Morgan fingerprint density at radius 1 is 1.38 bits per heavy atom. The van der Waals surface area contributed by atoms with E-state index < -0.39 is 6.17 Å². The molecule has 0 radical (unpaired) electrons. The standard InChI is InChI=1S/C23H33FNP/c1-7-8-19-14-25-23(20(19)11-15(2)3)17(5)22-16(4)12-18(9-10-26-6)13-21(22)24/h7-10,12-13,15,17,21-22,25-26H,1,11,14H2,2-6H3/b10-9+,19-8+. The van der Waals surface area contributed by atoms with Crippen molar-refractivity contribution in [2.45, 2.75) is 40.3 Å². The number of hydrogen-bond donors (Lipinski definition) is 1. The maximum atomic E-state index is 15.1. The maximum Gasteiger partial charge on any atom is 0.126 e. The first-order chi connectivity index (χ1) is 12.4. The molecule has 0 bridgehead atoms. The van der Waals surface area contributed by atoms with E-state index in [9.17, 15) is 0 Å². The summed E-state index contributed by atoms with van der Waals surface area (Å²) in [7, 11) is 0.746. The molecule has 1 aliphatic carbocycles. The zero-order valence-electron chi connectivity index (χ0n) is 16.8. The van der Waals surface area contributed by atoms with Crippen molar-refractivity contribution in [3.8, 4) is 0 Å². The maximum absolute atomic E-state index is 15.1. The minimum absolute atomic E-state index is 0.107. The average molecular weight is 373 g/mol. The van der Waals surface area contributed by atoms with E-state index in [-0.39, 0.29) is 11.8 Å². The van der Waals surface area contributed by atoms with Crippen LogP contribution in [0.25, 0.3) is 0 Å². The lowest BCUT2D eigenvalue weighted by Gasteiger charge is -2.31. The lowest BCUT2D eigenvalue weighted by molar-refractivity contribution is 0.257. The molecule has 26 heavy (non-hydrogen) atoms. The van der Waals surface area contributed by atoms with Crippen molar-refractivity contribution >= 4 is 8.58 Å². The van der Waals surface area contributed by atoms with Crippen LogP contribution in [0, 0.1) is 17.8 Å². The molecule has 0 amide bonds. The molecule has 0 saturated heterocycles. The molecule has 2 aliphatic rings. The minimum atomic E-state index is -0.947. The third-order valence-electron chi connectivity index (χ3n) is 5.16. The normalized spacial score (nSPS) is 26.8. The largest absolute Gasteiger partial charge is 0.384 e. The van der Waals surface area contributed by atoms with Gasteiger partial charge in [-0.15, -0.1) is 8.58 Å². The fourth-order valence-corrected chi connectivity index (χ4v) is 4.40. The Kier molecular flexibility index (Phi) is 7.65. The van der Waals surface area contributed by atoms with Crippen LogP contribution >= 0.6 is 8.58 Å². The van der Waals surface area contributed by atoms with Crippen molar-refractivity contribution < 1.29 is 4.39 Å². The Hall–Kier alpha value is -1.40. The van der Waals surface area contributed by atoms with Crippen LogP contribution in [0.15, 0.2) is 70.8 Å². The molecular weight excluding hydrogens is 340 g/mol. The van der Waals surface area contributed by atoms with Crippen LogP contribution < -0.4 is 5.32 Å². The highest BCUT2D eigenvalue weighted by Gasteiger charge is 2.35. The van der Waals surface area contributed by atoms with Crippen molar-refractivity contribution in [3.63, 3.8) is 0 Å². The van der Waals surface area contributed by atoms with E-state index in [1.807, 2.05) is 12.2 Å². The summed E-state index contributed by atoms with van der Waals surface area (Å²) in [4.78, 5) is 0. The zero-order chi connectivity index (χ0) is 19.3. The molecule has 1 N–H and O–H groups in total. The Morgan fingerprint density at radius 2 is 2.12 bits per heavy atom. The highest BCUT2D eigenvalue weighted by atomic mass is 31.1.